The monoisotopic (exact) mass is 388 g/mol. The van der Waals surface area contributed by atoms with Crippen LogP contribution in [0.15, 0.2) is 39.9 Å². The zero-order valence-electron chi connectivity index (χ0n) is 13.5. The minimum absolute atomic E-state index is 0.0224. The topological polar surface area (TPSA) is 101 Å². The molecule has 0 saturated carbocycles. The number of carbonyl (C=O) groups excluding carboxylic acids is 1. The number of alkyl halides is 3. The second-order valence-electron chi connectivity index (χ2n) is 5.25. The summed E-state index contributed by atoms with van der Waals surface area (Å²) in [7, 11) is 1.12. The molecular formula is C15H15F3N4O3S. The average Bonchev–Trinajstić information content (AvgIpc) is 2.56. The van der Waals surface area contributed by atoms with E-state index in [1.54, 1.807) is 30.3 Å². The van der Waals surface area contributed by atoms with Crippen LogP contribution in [0.25, 0.3) is 0 Å². The lowest BCUT2D eigenvalue weighted by atomic mass is 10.2. The minimum Gasteiger partial charge on any atom is -0.383 e. The van der Waals surface area contributed by atoms with E-state index in [1.165, 1.54) is 0 Å². The van der Waals surface area contributed by atoms with Gasteiger partial charge in [-0.1, -0.05) is 30.3 Å². The maximum atomic E-state index is 12.3. The van der Waals surface area contributed by atoms with Crippen molar-refractivity contribution in [2.75, 3.05) is 23.4 Å². The molecule has 0 saturated heterocycles. The van der Waals surface area contributed by atoms with Crippen molar-refractivity contribution in [3.63, 3.8) is 0 Å². The van der Waals surface area contributed by atoms with Gasteiger partial charge in [0.1, 0.15) is 5.82 Å². The number of nitrogens with one attached hydrogen (secondary N) is 1. The summed E-state index contributed by atoms with van der Waals surface area (Å²) in [5.41, 5.74) is -0.122. The molecule has 0 spiro atoms. The van der Waals surface area contributed by atoms with E-state index in [-0.39, 0.29) is 18.1 Å². The van der Waals surface area contributed by atoms with E-state index >= 15 is 0 Å². The van der Waals surface area contributed by atoms with Gasteiger partial charge in [0.2, 0.25) is 5.91 Å². The maximum Gasteiger partial charge on any atom is 0.442 e. The van der Waals surface area contributed by atoms with E-state index in [0.29, 0.717) is 10.5 Å². The van der Waals surface area contributed by atoms with Crippen molar-refractivity contribution in [3.8, 4) is 0 Å². The molecule has 1 amide bonds. The summed E-state index contributed by atoms with van der Waals surface area (Å²) in [5, 5.41) is 0. The van der Waals surface area contributed by atoms with Crippen LogP contribution in [0.5, 0.6) is 0 Å². The molecule has 0 fully saturated rings. The first kappa shape index (κ1) is 19.6. The van der Waals surface area contributed by atoms with Crippen LogP contribution in [0.3, 0.4) is 0 Å². The third kappa shape index (κ3) is 4.69. The van der Waals surface area contributed by atoms with Crippen LogP contribution >= 0.6 is 11.8 Å². The van der Waals surface area contributed by atoms with Gasteiger partial charge in [0, 0.05) is 7.05 Å². The Morgan fingerprint density at radius 2 is 1.88 bits per heavy atom. The Kier molecular flexibility index (Phi) is 5.80. The Labute approximate surface area is 149 Å². The number of aromatic amines is 1. The normalized spacial score (nSPS) is 11.4. The van der Waals surface area contributed by atoms with Gasteiger partial charge in [-0.05, 0) is 17.3 Å². The van der Waals surface area contributed by atoms with Crippen molar-refractivity contribution in [2.45, 2.75) is 12.1 Å². The van der Waals surface area contributed by atoms with E-state index in [2.05, 4.69) is 0 Å². The first-order chi connectivity index (χ1) is 12.1. The molecule has 2 aromatic rings. The predicted molar refractivity (Wildman–Crippen MR) is 93.2 cm³/mol. The van der Waals surface area contributed by atoms with Gasteiger partial charge in [-0.2, -0.15) is 13.2 Å². The molecule has 0 atom stereocenters. The molecule has 0 aliphatic rings. The molecule has 1 heterocycles. The van der Waals surface area contributed by atoms with E-state index < -0.39 is 40.2 Å². The maximum absolute atomic E-state index is 12.3. The molecule has 2 rings (SSSR count). The zero-order valence-corrected chi connectivity index (χ0v) is 14.4. The predicted octanol–water partition coefficient (Wildman–Crippen LogP) is 1.38. The lowest BCUT2D eigenvalue weighted by molar-refractivity contribution is -0.116. The highest BCUT2D eigenvalue weighted by molar-refractivity contribution is 8.00. The van der Waals surface area contributed by atoms with Crippen LogP contribution < -0.4 is 21.9 Å². The first-order valence-electron chi connectivity index (χ1n) is 7.24. The molecule has 0 bridgehead atoms. The highest BCUT2D eigenvalue weighted by Gasteiger charge is 2.31. The molecule has 7 nitrogen and oxygen atoms in total. The number of nitrogens with zero attached hydrogens (tertiary/aromatic N) is 2. The Bertz CT molecular complexity index is 909. The number of benzene rings is 1. The van der Waals surface area contributed by atoms with E-state index in [4.69, 9.17) is 5.73 Å². The molecule has 0 aliphatic carbocycles. The summed E-state index contributed by atoms with van der Waals surface area (Å²) in [5.74, 6) is -2.21. The lowest BCUT2D eigenvalue weighted by Crippen LogP contribution is -2.40. The fourth-order valence-corrected chi connectivity index (χ4v) is 2.67. The number of amides is 1. The number of rotatable bonds is 5. The Morgan fingerprint density at radius 3 is 2.46 bits per heavy atom. The lowest BCUT2D eigenvalue weighted by Gasteiger charge is -2.20. The third-order valence-electron chi connectivity index (χ3n) is 3.47. The Morgan fingerprint density at radius 1 is 1.27 bits per heavy atom. The van der Waals surface area contributed by atoms with Crippen LogP contribution in [-0.2, 0) is 11.3 Å². The highest BCUT2D eigenvalue weighted by Crippen LogP contribution is 2.30. The standard InChI is InChI=1S/C15H15F3N4O3S/c1-21(10(23)8-26-15(16,17)18)11-12(19)22(14(25)20-13(11)24)7-9-5-3-2-4-6-9/h2-6H,7-8,19H2,1H3,(H,20,24,25). The van der Waals surface area contributed by atoms with E-state index in [1.807, 2.05) is 4.98 Å². The van der Waals surface area contributed by atoms with Crippen LogP contribution in [-0.4, -0.2) is 33.8 Å². The fraction of sp³-hybridized carbons (Fsp3) is 0.267. The second kappa shape index (κ2) is 7.68. The van der Waals surface area contributed by atoms with Gasteiger partial charge in [0.05, 0.1) is 12.3 Å². The smallest absolute Gasteiger partial charge is 0.383 e. The highest BCUT2D eigenvalue weighted by atomic mass is 32.2. The molecule has 0 aliphatic heterocycles. The Balaban J connectivity index is 2.37. The number of thioether (sulfide) groups is 1. The molecule has 140 valence electrons. The number of anilines is 2. The summed E-state index contributed by atoms with van der Waals surface area (Å²) >= 11 is -0.526. The van der Waals surface area contributed by atoms with Crippen molar-refractivity contribution >= 4 is 29.2 Å². The quantitative estimate of drug-likeness (QED) is 0.806. The van der Waals surface area contributed by atoms with Gasteiger partial charge >= 0.3 is 11.2 Å². The molecule has 0 radical (unpaired) electrons. The van der Waals surface area contributed by atoms with Gasteiger partial charge in [0.15, 0.2) is 5.69 Å². The molecular weight excluding hydrogens is 373 g/mol. The number of hydrogen-bond donors (Lipinski definition) is 2. The van der Waals surface area contributed by atoms with Gasteiger partial charge in [-0.3, -0.25) is 19.1 Å². The molecule has 11 heteroatoms. The van der Waals surface area contributed by atoms with E-state index in [9.17, 15) is 27.6 Å². The summed E-state index contributed by atoms with van der Waals surface area (Å²) in [6.07, 6.45) is 0. The van der Waals surface area contributed by atoms with Crippen LogP contribution in [0.1, 0.15) is 5.56 Å². The fourth-order valence-electron chi connectivity index (χ4n) is 2.19. The van der Waals surface area contributed by atoms with Gasteiger partial charge in [0.25, 0.3) is 5.56 Å². The summed E-state index contributed by atoms with van der Waals surface area (Å²) in [4.78, 5) is 38.8. The van der Waals surface area contributed by atoms with Gasteiger partial charge in [-0.25, -0.2) is 4.79 Å². The van der Waals surface area contributed by atoms with Crippen molar-refractivity contribution in [3.05, 3.63) is 56.7 Å². The Hall–Kier alpha value is -2.69. The number of nitrogens with two attached hydrogens (primary N) is 1. The van der Waals surface area contributed by atoms with Crippen molar-refractivity contribution in [1.82, 2.24) is 9.55 Å². The van der Waals surface area contributed by atoms with Crippen LogP contribution in [0.4, 0.5) is 24.7 Å². The second-order valence-corrected chi connectivity index (χ2v) is 6.29. The summed E-state index contributed by atoms with van der Waals surface area (Å²) in [6.45, 7) is 0.0224. The number of hydrogen-bond acceptors (Lipinski definition) is 5. The van der Waals surface area contributed by atoms with Crippen molar-refractivity contribution in [1.29, 1.82) is 0 Å². The number of carbonyl (C=O) groups is 1. The van der Waals surface area contributed by atoms with Crippen LogP contribution in [0.2, 0.25) is 0 Å². The van der Waals surface area contributed by atoms with E-state index in [0.717, 1.165) is 11.6 Å². The molecule has 1 aromatic carbocycles. The molecule has 3 N–H and O–H groups in total. The molecule has 26 heavy (non-hydrogen) atoms. The summed E-state index contributed by atoms with van der Waals surface area (Å²) < 4.78 is 37.8. The average molecular weight is 388 g/mol. The number of halogens is 3. The third-order valence-corrected chi connectivity index (χ3v) is 4.19. The van der Waals surface area contributed by atoms with Gasteiger partial charge in [-0.15, -0.1) is 0 Å². The summed E-state index contributed by atoms with van der Waals surface area (Å²) in [6, 6.07) is 8.72. The largest absolute Gasteiger partial charge is 0.442 e. The van der Waals surface area contributed by atoms with Crippen LogP contribution in [0, 0.1) is 0 Å². The number of aromatic nitrogens is 2. The number of nitrogen functional groups attached to an aromatic ring is 1. The van der Waals surface area contributed by atoms with Crippen molar-refractivity contribution < 1.29 is 18.0 Å². The van der Waals surface area contributed by atoms with Crippen molar-refractivity contribution in [2.24, 2.45) is 0 Å². The SMILES string of the molecule is CN(C(=O)CSC(F)(F)F)c1c(N)n(Cc2ccccc2)c(=O)[nH]c1=O. The molecule has 0 unspecified atom stereocenters. The zero-order chi connectivity index (χ0) is 19.5. The molecule has 1 aromatic heterocycles. The number of H-pyrrole nitrogens is 1. The van der Waals surface area contributed by atoms with Gasteiger partial charge < -0.3 is 10.6 Å². The first-order valence-corrected chi connectivity index (χ1v) is 8.22. The minimum atomic E-state index is -4.58.